The lowest BCUT2D eigenvalue weighted by Gasteiger charge is -2.34. The van der Waals surface area contributed by atoms with Gasteiger partial charge in [-0.2, -0.15) is 12.6 Å². The van der Waals surface area contributed by atoms with Crippen LogP contribution in [-0.4, -0.2) is 53.3 Å². The van der Waals surface area contributed by atoms with E-state index >= 15 is 0 Å². The fourth-order valence-corrected chi connectivity index (χ4v) is 3.77. The van der Waals surface area contributed by atoms with E-state index < -0.39 is 23.8 Å². The standard InChI is InChI=1S/C26H43N3O4S/c1-6-8-13-17-27-23(30)22(20-15-11-10-12-16-20)29(18-14-9-7-2)24(31)21(19-34)28-25(32)33-26(3,4)5/h10-12,15-16,21-22,34H,6-9,13-14,17-19H2,1-5H3,(H,27,30)(H,28,32). The molecular weight excluding hydrogens is 450 g/mol. The van der Waals surface area contributed by atoms with Gasteiger partial charge in [-0.15, -0.1) is 0 Å². The van der Waals surface area contributed by atoms with E-state index in [-0.39, 0.29) is 17.6 Å². The molecule has 0 radical (unpaired) electrons. The third kappa shape index (κ3) is 10.8. The molecule has 0 spiro atoms. The van der Waals surface area contributed by atoms with E-state index in [0.29, 0.717) is 13.1 Å². The van der Waals surface area contributed by atoms with Gasteiger partial charge < -0.3 is 20.3 Å². The highest BCUT2D eigenvalue weighted by atomic mass is 32.1. The van der Waals surface area contributed by atoms with Crippen molar-refractivity contribution in [2.24, 2.45) is 0 Å². The maximum absolute atomic E-state index is 13.7. The van der Waals surface area contributed by atoms with E-state index in [1.807, 2.05) is 30.3 Å². The van der Waals surface area contributed by atoms with Crippen molar-refractivity contribution in [1.29, 1.82) is 0 Å². The van der Waals surface area contributed by atoms with Crippen molar-refractivity contribution >= 4 is 30.5 Å². The Hall–Kier alpha value is -2.22. The first-order valence-corrected chi connectivity index (χ1v) is 13.0. The molecule has 7 nitrogen and oxygen atoms in total. The van der Waals surface area contributed by atoms with Gasteiger partial charge in [-0.05, 0) is 39.2 Å². The van der Waals surface area contributed by atoms with Gasteiger partial charge in [0.25, 0.3) is 0 Å². The van der Waals surface area contributed by atoms with Gasteiger partial charge >= 0.3 is 6.09 Å². The van der Waals surface area contributed by atoms with Gasteiger partial charge in [0.2, 0.25) is 11.8 Å². The summed E-state index contributed by atoms with van der Waals surface area (Å²) in [5.74, 6) is -0.487. The first-order valence-electron chi connectivity index (χ1n) is 12.4. The fraction of sp³-hybridized carbons (Fsp3) is 0.654. The van der Waals surface area contributed by atoms with E-state index in [1.54, 1.807) is 25.7 Å². The number of hydrogen-bond acceptors (Lipinski definition) is 5. The minimum atomic E-state index is -0.918. The summed E-state index contributed by atoms with van der Waals surface area (Å²) < 4.78 is 5.33. The molecule has 1 rings (SSSR count). The van der Waals surface area contributed by atoms with E-state index in [1.165, 1.54) is 0 Å². The highest BCUT2D eigenvalue weighted by Gasteiger charge is 2.35. The normalized spacial score (nSPS) is 13.0. The van der Waals surface area contributed by atoms with Crippen LogP contribution in [0.4, 0.5) is 4.79 Å². The van der Waals surface area contributed by atoms with Crippen LogP contribution in [0.15, 0.2) is 30.3 Å². The molecule has 0 aliphatic heterocycles. The minimum absolute atomic E-state index is 0.0853. The number of unbranched alkanes of at least 4 members (excludes halogenated alkanes) is 4. The topological polar surface area (TPSA) is 87.7 Å². The lowest BCUT2D eigenvalue weighted by atomic mass is 10.0. The number of carbonyl (C=O) groups is 3. The SMILES string of the molecule is CCCCCNC(=O)C(c1ccccc1)N(CCCCC)C(=O)C(CS)NC(=O)OC(C)(C)C. The van der Waals surface area contributed by atoms with Crippen LogP contribution in [0, 0.1) is 0 Å². The average molecular weight is 494 g/mol. The summed E-state index contributed by atoms with van der Waals surface area (Å²) in [4.78, 5) is 41.0. The van der Waals surface area contributed by atoms with E-state index in [0.717, 1.165) is 44.1 Å². The average Bonchev–Trinajstić information content (AvgIpc) is 2.78. The molecule has 34 heavy (non-hydrogen) atoms. The molecule has 1 aromatic carbocycles. The highest BCUT2D eigenvalue weighted by Crippen LogP contribution is 2.23. The number of rotatable bonds is 14. The third-order valence-corrected chi connectivity index (χ3v) is 5.58. The third-order valence-electron chi connectivity index (χ3n) is 5.21. The van der Waals surface area contributed by atoms with E-state index in [2.05, 4.69) is 37.1 Å². The number of amides is 3. The molecule has 192 valence electrons. The Labute approximate surface area is 210 Å². The Bertz CT molecular complexity index is 752. The molecule has 0 aromatic heterocycles. The zero-order valence-corrected chi connectivity index (χ0v) is 22.3. The molecule has 1 aromatic rings. The Morgan fingerprint density at radius 2 is 1.62 bits per heavy atom. The van der Waals surface area contributed by atoms with Crippen LogP contribution in [0.2, 0.25) is 0 Å². The van der Waals surface area contributed by atoms with Gasteiger partial charge in [0, 0.05) is 18.8 Å². The summed E-state index contributed by atoms with van der Waals surface area (Å²) in [7, 11) is 0. The van der Waals surface area contributed by atoms with Crippen molar-refractivity contribution in [3.05, 3.63) is 35.9 Å². The predicted octanol–water partition coefficient (Wildman–Crippen LogP) is 4.88. The molecule has 2 unspecified atom stereocenters. The first kappa shape index (κ1) is 29.8. The van der Waals surface area contributed by atoms with Crippen molar-refractivity contribution in [3.8, 4) is 0 Å². The van der Waals surface area contributed by atoms with Crippen LogP contribution >= 0.6 is 12.6 Å². The lowest BCUT2D eigenvalue weighted by molar-refractivity contribution is -0.142. The highest BCUT2D eigenvalue weighted by molar-refractivity contribution is 7.80. The number of alkyl carbamates (subject to hydrolysis) is 1. The van der Waals surface area contributed by atoms with Crippen LogP contribution < -0.4 is 10.6 Å². The number of hydrogen-bond donors (Lipinski definition) is 3. The lowest BCUT2D eigenvalue weighted by Crippen LogP contribution is -2.54. The summed E-state index contributed by atoms with van der Waals surface area (Å²) in [5.41, 5.74) is 0.0376. The number of nitrogens with zero attached hydrogens (tertiary/aromatic N) is 1. The number of nitrogens with one attached hydrogen (secondary N) is 2. The Morgan fingerprint density at radius 3 is 2.18 bits per heavy atom. The Morgan fingerprint density at radius 1 is 1.00 bits per heavy atom. The van der Waals surface area contributed by atoms with Crippen LogP contribution in [0.5, 0.6) is 0 Å². The van der Waals surface area contributed by atoms with Crippen LogP contribution in [0.1, 0.15) is 84.7 Å². The summed E-state index contributed by atoms with van der Waals surface area (Å²) in [6.07, 6.45) is 4.93. The van der Waals surface area contributed by atoms with Gasteiger partial charge in [-0.1, -0.05) is 69.9 Å². The van der Waals surface area contributed by atoms with Crippen LogP contribution in [-0.2, 0) is 14.3 Å². The first-order chi connectivity index (χ1) is 16.1. The number of carbonyl (C=O) groups excluding carboxylic acids is 3. The molecule has 2 atom stereocenters. The predicted molar refractivity (Wildman–Crippen MR) is 140 cm³/mol. The van der Waals surface area contributed by atoms with E-state index in [4.69, 9.17) is 4.74 Å². The monoisotopic (exact) mass is 493 g/mol. The second kappa shape index (κ2) is 15.6. The number of benzene rings is 1. The molecule has 0 bridgehead atoms. The van der Waals surface area contributed by atoms with E-state index in [9.17, 15) is 14.4 Å². The minimum Gasteiger partial charge on any atom is -0.444 e. The van der Waals surface area contributed by atoms with Crippen molar-refractivity contribution in [2.45, 2.75) is 90.8 Å². The van der Waals surface area contributed by atoms with Crippen LogP contribution in [0.3, 0.4) is 0 Å². The second-order valence-electron chi connectivity index (χ2n) is 9.43. The second-order valence-corrected chi connectivity index (χ2v) is 9.80. The van der Waals surface area contributed by atoms with Gasteiger partial charge in [-0.3, -0.25) is 9.59 Å². The quantitative estimate of drug-likeness (QED) is 0.255. The van der Waals surface area contributed by atoms with Crippen molar-refractivity contribution in [1.82, 2.24) is 15.5 Å². The largest absolute Gasteiger partial charge is 0.444 e. The molecule has 0 aliphatic carbocycles. The zero-order chi connectivity index (χ0) is 25.6. The molecule has 3 amide bonds. The summed E-state index contributed by atoms with van der Waals surface area (Å²) >= 11 is 4.31. The Kier molecular flexibility index (Phi) is 13.7. The van der Waals surface area contributed by atoms with Crippen molar-refractivity contribution in [3.63, 3.8) is 0 Å². The number of ether oxygens (including phenoxy) is 1. The van der Waals surface area contributed by atoms with Crippen molar-refractivity contribution in [2.75, 3.05) is 18.8 Å². The molecule has 0 fully saturated rings. The van der Waals surface area contributed by atoms with Crippen molar-refractivity contribution < 1.29 is 19.1 Å². The maximum Gasteiger partial charge on any atom is 0.408 e. The van der Waals surface area contributed by atoms with Crippen LogP contribution in [0.25, 0.3) is 0 Å². The van der Waals surface area contributed by atoms with Gasteiger partial charge in [0.05, 0.1) is 0 Å². The van der Waals surface area contributed by atoms with Gasteiger partial charge in [0.1, 0.15) is 17.7 Å². The molecule has 2 N–H and O–H groups in total. The molecule has 0 aliphatic rings. The summed E-state index contributed by atoms with van der Waals surface area (Å²) in [5, 5.41) is 5.65. The molecule has 8 heteroatoms. The summed E-state index contributed by atoms with van der Waals surface area (Å²) in [6, 6.07) is 7.59. The Balaban J connectivity index is 3.22. The van der Waals surface area contributed by atoms with Gasteiger partial charge in [0.15, 0.2) is 0 Å². The molecule has 0 heterocycles. The fourth-order valence-electron chi connectivity index (χ4n) is 3.53. The maximum atomic E-state index is 13.7. The molecule has 0 saturated heterocycles. The van der Waals surface area contributed by atoms with Gasteiger partial charge in [-0.25, -0.2) is 4.79 Å². The smallest absolute Gasteiger partial charge is 0.408 e. The number of thiol groups is 1. The molecule has 0 saturated carbocycles. The molecular formula is C26H43N3O4S. The zero-order valence-electron chi connectivity index (χ0n) is 21.4. The summed E-state index contributed by atoms with van der Waals surface area (Å²) in [6.45, 7) is 10.4.